The lowest BCUT2D eigenvalue weighted by Gasteiger charge is -2.35. The molecule has 10 nitrogen and oxygen atoms in total. The van der Waals surface area contributed by atoms with E-state index >= 15 is 0 Å². The fourth-order valence-corrected chi connectivity index (χ4v) is 7.40. The quantitative estimate of drug-likeness (QED) is 0.0621. The molecular weight excluding hydrogens is 682 g/mol. The molecule has 10 heteroatoms. The number of carbonyl (C=O) groups excluding carboxylic acids is 1. The van der Waals surface area contributed by atoms with Crippen LogP contribution in [0.4, 0.5) is 0 Å². The summed E-state index contributed by atoms with van der Waals surface area (Å²) in [5.74, 6) is 0.185. The monoisotopic (exact) mass is 735 g/mol. The number of aliphatic hydroxyl groups is 2. The highest BCUT2D eigenvalue weighted by atomic mass is 16.5. The van der Waals surface area contributed by atoms with Gasteiger partial charge in [0.1, 0.15) is 11.5 Å². The lowest BCUT2D eigenvalue weighted by molar-refractivity contribution is -0.173. The third-order valence-electron chi connectivity index (χ3n) is 10.7. The summed E-state index contributed by atoms with van der Waals surface area (Å²) < 4.78 is 11.8. The van der Waals surface area contributed by atoms with Gasteiger partial charge in [-0.15, -0.1) is 0 Å². The summed E-state index contributed by atoms with van der Waals surface area (Å²) >= 11 is 0. The molecule has 3 atom stereocenters. The Kier molecular flexibility index (Phi) is 13.7. The van der Waals surface area contributed by atoms with Gasteiger partial charge in [-0.05, 0) is 111 Å². The Balaban J connectivity index is 0.828. The highest BCUT2D eigenvalue weighted by Crippen LogP contribution is 2.36. The van der Waals surface area contributed by atoms with Crippen LogP contribution in [0.25, 0.3) is 10.9 Å². The summed E-state index contributed by atoms with van der Waals surface area (Å²) in [5.41, 5.74) is 0.809. The number of aliphatic hydroxyl groups excluding tert-OH is 1. The first-order chi connectivity index (χ1) is 26.3. The second-order valence-corrected chi connectivity index (χ2v) is 14.5. The van der Waals surface area contributed by atoms with Crippen molar-refractivity contribution in [3.8, 4) is 11.5 Å². The Morgan fingerprint density at radius 2 is 1.76 bits per heavy atom. The first-order valence-electron chi connectivity index (χ1n) is 19.3. The average Bonchev–Trinajstić information content (AvgIpc) is 3.21. The number of H-pyrrole nitrogens is 1. The fraction of sp³-hybridized carbons (Fsp3) is 0.409. The van der Waals surface area contributed by atoms with Gasteiger partial charge in [-0.25, -0.2) is 4.79 Å². The van der Waals surface area contributed by atoms with Crippen molar-refractivity contribution in [2.75, 3.05) is 45.9 Å². The molecule has 1 saturated heterocycles. The summed E-state index contributed by atoms with van der Waals surface area (Å²) in [6, 6.07) is 23.7. The molecule has 1 aliphatic heterocycles. The molecule has 6 rings (SSSR count). The summed E-state index contributed by atoms with van der Waals surface area (Å²) in [4.78, 5) is 30.1. The predicted molar refractivity (Wildman–Crippen MR) is 210 cm³/mol. The van der Waals surface area contributed by atoms with E-state index in [0.29, 0.717) is 48.2 Å². The molecular formula is C44H53N3O7. The number of hydrogen-bond acceptors (Lipinski definition) is 9. The van der Waals surface area contributed by atoms with Gasteiger partial charge in [-0.1, -0.05) is 72.8 Å². The lowest BCUT2D eigenvalue weighted by Crippen LogP contribution is -2.45. The van der Waals surface area contributed by atoms with E-state index < -0.39 is 17.7 Å². The first-order valence-corrected chi connectivity index (χ1v) is 19.3. The Hall–Kier alpha value is -4.74. The number of hydrogen-bond donors (Lipinski definition) is 5. The zero-order chi connectivity index (χ0) is 37.8. The van der Waals surface area contributed by atoms with Crippen molar-refractivity contribution in [2.45, 2.75) is 56.7 Å². The van der Waals surface area contributed by atoms with Gasteiger partial charge in [0.25, 0.3) is 0 Å². The number of aromatic hydroxyl groups is 1. The number of unbranched alkanes of at least 4 members (excludes halogenated alkanes) is 2. The second-order valence-electron chi connectivity index (χ2n) is 14.5. The number of fused-ring (bicyclic) bond motifs is 1. The molecule has 286 valence electrons. The standard InChI is InChI=1S/C44H53N3O7/c48-39-20-18-37(38-19-21-41(50)46-42(38)39)40(49)30-45-25-8-3-9-29-53-36-16-14-32(15-17-36)22-26-47-27-23-33(24-28-47)31-54-43(51)44(52,34-10-4-1-5-11-34)35-12-6-2-7-13-35/h1-2,4-7,10-12,14-21,33,35,40,45,48-49,52H,3,8-9,13,22-31H2,(H,46,50)/t35?,40-,44?/m0/s1. The van der Waals surface area contributed by atoms with Crippen LogP contribution in [0.15, 0.2) is 108 Å². The van der Waals surface area contributed by atoms with Gasteiger partial charge in [0.05, 0.1) is 24.8 Å². The van der Waals surface area contributed by atoms with Crippen LogP contribution in [-0.4, -0.2) is 77.1 Å². The molecule has 1 aromatic heterocycles. The van der Waals surface area contributed by atoms with Gasteiger partial charge in [0, 0.05) is 30.5 Å². The third-order valence-corrected chi connectivity index (χ3v) is 10.7. The average molecular weight is 736 g/mol. The molecule has 0 saturated carbocycles. The predicted octanol–water partition coefficient (Wildman–Crippen LogP) is 5.92. The van der Waals surface area contributed by atoms with Gasteiger partial charge in [-0.3, -0.25) is 4.79 Å². The molecule has 2 aliphatic rings. The van der Waals surface area contributed by atoms with E-state index in [4.69, 9.17) is 9.47 Å². The molecule has 54 heavy (non-hydrogen) atoms. The maximum absolute atomic E-state index is 13.4. The van der Waals surface area contributed by atoms with Crippen molar-refractivity contribution in [1.82, 2.24) is 15.2 Å². The van der Waals surface area contributed by atoms with Crippen LogP contribution in [0.2, 0.25) is 0 Å². The van der Waals surface area contributed by atoms with Gasteiger partial charge in [0.2, 0.25) is 5.56 Å². The summed E-state index contributed by atoms with van der Waals surface area (Å²) in [5, 5.41) is 36.4. The molecule has 5 N–H and O–H groups in total. The van der Waals surface area contributed by atoms with Crippen LogP contribution >= 0.6 is 0 Å². The Bertz CT molecular complexity index is 1920. The minimum atomic E-state index is -1.71. The zero-order valence-electron chi connectivity index (χ0n) is 30.9. The Morgan fingerprint density at radius 3 is 2.52 bits per heavy atom. The number of ether oxygens (including phenoxy) is 2. The molecule has 0 radical (unpaired) electrons. The largest absolute Gasteiger partial charge is 0.506 e. The number of esters is 1. The number of phenols is 1. The number of aromatic nitrogens is 1. The van der Waals surface area contributed by atoms with E-state index in [1.807, 2.05) is 54.6 Å². The first kappa shape index (κ1) is 39.0. The molecule has 4 aromatic rings. The van der Waals surface area contributed by atoms with Crippen LogP contribution in [-0.2, 0) is 21.6 Å². The van der Waals surface area contributed by atoms with Gasteiger partial charge < -0.3 is 40.0 Å². The smallest absolute Gasteiger partial charge is 0.343 e. The molecule has 2 unspecified atom stereocenters. The molecule has 0 bridgehead atoms. The van der Waals surface area contributed by atoms with E-state index in [1.165, 1.54) is 17.7 Å². The number of nitrogens with one attached hydrogen (secondary N) is 2. The molecule has 1 aliphatic carbocycles. The Morgan fingerprint density at radius 1 is 0.963 bits per heavy atom. The van der Waals surface area contributed by atoms with E-state index in [1.54, 1.807) is 24.3 Å². The zero-order valence-corrected chi connectivity index (χ0v) is 30.9. The van der Waals surface area contributed by atoms with E-state index in [-0.39, 0.29) is 23.1 Å². The molecule has 0 amide bonds. The number of rotatable bonds is 18. The lowest BCUT2D eigenvalue weighted by atomic mass is 9.78. The second kappa shape index (κ2) is 19.0. The van der Waals surface area contributed by atoms with Crippen molar-refractivity contribution >= 4 is 16.9 Å². The minimum Gasteiger partial charge on any atom is -0.506 e. The van der Waals surface area contributed by atoms with Crippen molar-refractivity contribution in [3.05, 3.63) is 130 Å². The summed E-state index contributed by atoms with van der Waals surface area (Å²) in [6.07, 6.45) is 13.2. The summed E-state index contributed by atoms with van der Waals surface area (Å²) in [6.45, 7) is 4.98. The van der Waals surface area contributed by atoms with Crippen molar-refractivity contribution in [1.29, 1.82) is 0 Å². The third kappa shape index (κ3) is 10.1. The Labute approximate surface area is 317 Å². The van der Waals surface area contributed by atoms with Gasteiger partial charge >= 0.3 is 5.97 Å². The maximum atomic E-state index is 13.4. The highest BCUT2D eigenvalue weighted by molar-refractivity contribution is 5.87. The SMILES string of the molecule is O=C(OCC1CCN(CCc2ccc(OCCCCCNC[C@H](O)c3ccc(O)c4[nH]c(=O)ccc34)cc2)CC1)C(O)(c1ccccc1)C1C=CC=CC1. The maximum Gasteiger partial charge on any atom is 0.343 e. The van der Waals surface area contributed by atoms with Crippen LogP contribution in [0.3, 0.4) is 0 Å². The molecule has 1 fully saturated rings. The van der Waals surface area contributed by atoms with E-state index in [0.717, 1.165) is 70.5 Å². The van der Waals surface area contributed by atoms with Crippen LogP contribution in [0, 0.1) is 11.8 Å². The van der Waals surface area contributed by atoms with Crippen LogP contribution in [0.5, 0.6) is 11.5 Å². The fourth-order valence-electron chi connectivity index (χ4n) is 7.40. The van der Waals surface area contributed by atoms with Crippen molar-refractivity contribution in [2.24, 2.45) is 11.8 Å². The number of piperidine rings is 1. The number of nitrogens with zero attached hydrogens (tertiary/aromatic N) is 1. The minimum absolute atomic E-state index is 0.0195. The molecule has 3 aromatic carbocycles. The normalized spacial score (nSPS) is 18.0. The van der Waals surface area contributed by atoms with E-state index in [2.05, 4.69) is 27.3 Å². The van der Waals surface area contributed by atoms with Crippen LogP contribution < -0.4 is 15.6 Å². The number of carbonyl (C=O) groups is 1. The van der Waals surface area contributed by atoms with Crippen molar-refractivity contribution < 1.29 is 29.6 Å². The number of aromatic amines is 1. The van der Waals surface area contributed by atoms with Crippen LogP contribution in [0.1, 0.15) is 61.3 Å². The highest BCUT2D eigenvalue weighted by Gasteiger charge is 2.46. The summed E-state index contributed by atoms with van der Waals surface area (Å²) in [7, 11) is 0. The number of likely N-dealkylation sites (tertiary alicyclic amines) is 1. The topological polar surface area (TPSA) is 144 Å². The number of phenolic OH excluding ortho intramolecular Hbond substituents is 1. The van der Waals surface area contributed by atoms with Gasteiger partial charge in [-0.2, -0.15) is 0 Å². The number of benzene rings is 3. The number of pyridine rings is 1. The number of allylic oxidation sites excluding steroid dienone is 3. The molecule has 2 heterocycles. The van der Waals surface area contributed by atoms with Crippen molar-refractivity contribution in [3.63, 3.8) is 0 Å². The van der Waals surface area contributed by atoms with E-state index in [9.17, 15) is 24.9 Å². The van der Waals surface area contributed by atoms with Gasteiger partial charge in [0.15, 0.2) is 5.60 Å². The molecule has 0 spiro atoms.